The summed E-state index contributed by atoms with van der Waals surface area (Å²) in [4.78, 5) is 79.7. The number of H-pyrrole nitrogens is 2. The van der Waals surface area contributed by atoms with Crippen LogP contribution in [0.2, 0.25) is 0 Å². The second-order valence-electron chi connectivity index (χ2n) is 17.2. The van der Waals surface area contributed by atoms with E-state index in [0.29, 0.717) is 54.9 Å². The molecule has 56 heavy (non-hydrogen) atoms. The fraction of sp³-hybridized carbons (Fsp3) is 0.725. The lowest BCUT2D eigenvalue weighted by atomic mass is 9.57. The predicted octanol–water partition coefficient (Wildman–Crippen LogP) is 4.42. The minimum Gasteiger partial charge on any atom is -0.453 e. The third-order valence-corrected chi connectivity index (χ3v) is 13.6. The maximum absolute atomic E-state index is 13.0. The predicted molar refractivity (Wildman–Crippen MR) is 214 cm³/mol. The summed E-state index contributed by atoms with van der Waals surface area (Å²) >= 11 is 0. The second-order valence-corrected chi connectivity index (χ2v) is 17.2. The van der Waals surface area contributed by atoms with E-state index in [1.165, 1.54) is 16.2 Å². The van der Waals surface area contributed by atoms with Gasteiger partial charge in [0, 0.05) is 48.1 Å². The van der Waals surface area contributed by atoms with Crippen molar-refractivity contribution in [1.82, 2.24) is 43.5 Å². The van der Waals surface area contributed by atoms with E-state index in [2.05, 4.69) is 15.3 Å². The molecule has 0 radical (unpaired) electrons. The third-order valence-electron chi connectivity index (χ3n) is 13.6. The van der Waals surface area contributed by atoms with Crippen LogP contribution in [-0.4, -0.2) is 62.5 Å². The Hall–Kier alpha value is -4.47. The molecule has 0 aliphatic heterocycles. The second kappa shape index (κ2) is 15.1. The van der Waals surface area contributed by atoms with Crippen molar-refractivity contribution in [3.05, 3.63) is 53.3 Å². The molecule has 0 saturated heterocycles. The van der Waals surface area contributed by atoms with Crippen molar-refractivity contribution in [3.8, 4) is 0 Å². The minimum absolute atomic E-state index is 0.00802. The number of hydrogen-bond donors (Lipinski definition) is 4. The van der Waals surface area contributed by atoms with Crippen LogP contribution < -0.4 is 33.5 Å². The maximum Gasteiger partial charge on any atom is 0.407 e. The van der Waals surface area contributed by atoms with Crippen LogP contribution in [0.1, 0.15) is 142 Å². The van der Waals surface area contributed by atoms with Crippen LogP contribution in [-0.2, 0) is 41.7 Å². The van der Waals surface area contributed by atoms with Crippen molar-refractivity contribution in [3.63, 3.8) is 0 Å². The number of nitrogens with zero attached hydrogens (tertiary/aromatic N) is 6. The molecule has 4 bridgehead atoms. The fourth-order valence-corrected chi connectivity index (χ4v) is 10.1. The first-order chi connectivity index (χ1) is 26.8. The van der Waals surface area contributed by atoms with E-state index >= 15 is 0 Å². The van der Waals surface area contributed by atoms with Crippen LogP contribution in [0.25, 0.3) is 22.3 Å². The first-order valence-electron chi connectivity index (χ1n) is 20.9. The van der Waals surface area contributed by atoms with Gasteiger partial charge in [-0.2, -0.15) is 0 Å². The number of aryl methyl sites for hydroxylation is 2. The lowest BCUT2D eigenvalue weighted by Crippen LogP contribution is -2.58. The molecule has 16 heteroatoms. The summed E-state index contributed by atoms with van der Waals surface area (Å²) < 4.78 is 10.8. The minimum atomic E-state index is -0.381. The molecule has 0 aromatic carbocycles. The number of aromatic amines is 2. The highest BCUT2D eigenvalue weighted by atomic mass is 16.5. The molecule has 0 spiro atoms. The average Bonchev–Trinajstić information content (AvgIpc) is 3.87. The summed E-state index contributed by atoms with van der Waals surface area (Å²) in [6, 6.07) is 0. The largest absolute Gasteiger partial charge is 0.453 e. The number of carbonyl (C=O) groups excluding carboxylic acids is 1. The first kappa shape index (κ1) is 39.8. The smallest absolute Gasteiger partial charge is 0.407 e. The van der Waals surface area contributed by atoms with Crippen LogP contribution in [0.15, 0.2) is 19.2 Å². The molecule has 1 amide bonds. The highest BCUT2D eigenvalue weighted by Gasteiger charge is 2.52. The third kappa shape index (κ3) is 6.64. The molecule has 4 heterocycles. The van der Waals surface area contributed by atoms with Gasteiger partial charge in [-0.05, 0) is 103 Å². The van der Waals surface area contributed by atoms with Gasteiger partial charge in [-0.25, -0.2) is 24.4 Å². The molecule has 0 atom stereocenters. The first-order valence-corrected chi connectivity index (χ1v) is 20.9. The summed E-state index contributed by atoms with van der Waals surface area (Å²) in [5.74, 6) is 1.68. The van der Waals surface area contributed by atoms with E-state index in [-0.39, 0.29) is 50.5 Å². The number of alkyl carbamates (subject to hydrolysis) is 1. The molecular formula is C40H60N10O6. The van der Waals surface area contributed by atoms with Gasteiger partial charge < -0.3 is 25.8 Å². The number of methoxy groups -OCH3 is 1. The highest BCUT2D eigenvalue weighted by Crippen LogP contribution is 2.53. The van der Waals surface area contributed by atoms with Gasteiger partial charge >= 0.3 is 17.5 Å². The number of hydrogen-bond acceptors (Lipinski definition) is 9. The Labute approximate surface area is 325 Å². The molecule has 5 N–H and O–H groups in total. The van der Waals surface area contributed by atoms with E-state index in [1.807, 2.05) is 27.7 Å². The molecule has 6 saturated carbocycles. The molecule has 0 unspecified atom stereocenters. The normalized spacial score (nSPS) is 26.8. The number of ether oxygens (including phenoxy) is 1. The van der Waals surface area contributed by atoms with Crippen LogP contribution in [0.4, 0.5) is 4.79 Å². The summed E-state index contributed by atoms with van der Waals surface area (Å²) in [5, 5.41) is 3.04. The number of nitrogens with one attached hydrogen (secondary N) is 3. The van der Waals surface area contributed by atoms with E-state index < -0.39 is 0 Å². The number of amides is 1. The zero-order valence-electron chi connectivity index (χ0n) is 33.9. The number of carbonyl (C=O) groups is 1. The Morgan fingerprint density at radius 2 is 0.982 bits per heavy atom. The monoisotopic (exact) mass is 776 g/mol. The Balaban J connectivity index is 0.000000173. The van der Waals surface area contributed by atoms with Gasteiger partial charge in [0.05, 0.1) is 7.11 Å². The SMILES string of the molecule is CCCn1c(=O)c2[nH]c(C34CCC(N)(CC3)CC4)nc2n(CCC)c1=O.CCCn1c(=O)c2[nH]c(C34CCC(NC(=O)OC)(CC3)CC4)nc2n(CCC)c1=O. The molecule has 306 valence electrons. The Bertz CT molecular complexity index is 2310. The topological polar surface area (TPSA) is 210 Å². The van der Waals surface area contributed by atoms with Crippen LogP contribution in [0.5, 0.6) is 0 Å². The summed E-state index contributed by atoms with van der Waals surface area (Å²) in [7, 11) is 1.39. The molecule has 6 fully saturated rings. The van der Waals surface area contributed by atoms with Gasteiger partial charge in [0.15, 0.2) is 11.3 Å². The van der Waals surface area contributed by atoms with Gasteiger partial charge in [0.2, 0.25) is 0 Å². The Morgan fingerprint density at radius 3 is 1.34 bits per heavy atom. The fourth-order valence-electron chi connectivity index (χ4n) is 10.1. The van der Waals surface area contributed by atoms with Crippen LogP contribution >= 0.6 is 0 Å². The summed E-state index contributed by atoms with van der Waals surface area (Å²) in [6.07, 6.45) is 13.9. The molecule has 4 aromatic rings. The molecule has 4 aromatic heterocycles. The number of fused-ring (bicyclic) bond motifs is 8. The number of rotatable bonds is 11. The molecule has 6 aliphatic rings. The maximum atomic E-state index is 13.0. The highest BCUT2D eigenvalue weighted by molar-refractivity contribution is 5.71. The molecular weight excluding hydrogens is 717 g/mol. The van der Waals surface area contributed by atoms with Crippen LogP contribution in [0, 0.1) is 0 Å². The number of nitrogens with two attached hydrogens (primary N) is 1. The Morgan fingerprint density at radius 1 is 0.625 bits per heavy atom. The Kier molecular flexibility index (Phi) is 10.7. The van der Waals surface area contributed by atoms with Gasteiger partial charge in [0.1, 0.15) is 22.7 Å². The van der Waals surface area contributed by atoms with Crippen molar-refractivity contribution in [1.29, 1.82) is 0 Å². The van der Waals surface area contributed by atoms with E-state index in [4.69, 9.17) is 20.4 Å². The summed E-state index contributed by atoms with van der Waals surface area (Å²) in [6.45, 7) is 9.91. The number of imidazole rings is 2. The lowest BCUT2D eigenvalue weighted by Gasteiger charge is -2.52. The van der Waals surface area contributed by atoms with Crippen molar-refractivity contribution in [2.75, 3.05) is 7.11 Å². The average molecular weight is 777 g/mol. The standard InChI is InChI=1S/C21H31N5O4.C19H29N5O2/c1-4-12-25-15-14(16(27)26(13-5-2)19(25)29)22-17(23-15)20-6-9-21(10-7-20,11-8-20)24-18(28)30-3;1-3-11-23-14-13(15(25)24(12-4-2)17(23)26)21-16(22-14)18-5-8-19(20,9-6-18)10-7-18/h4-13H2,1-3H3,(H,22,23)(H,24,28);3-12,20H2,1-2H3,(H,21,22). The molecule has 10 rings (SSSR count). The van der Waals surface area contributed by atoms with Crippen molar-refractivity contribution in [2.24, 2.45) is 5.73 Å². The zero-order valence-corrected chi connectivity index (χ0v) is 33.9. The van der Waals surface area contributed by atoms with Crippen LogP contribution in [0.3, 0.4) is 0 Å². The van der Waals surface area contributed by atoms with E-state index in [9.17, 15) is 24.0 Å². The zero-order chi connectivity index (χ0) is 40.0. The van der Waals surface area contributed by atoms with Gasteiger partial charge in [-0.15, -0.1) is 0 Å². The van der Waals surface area contributed by atoms with E-state index in [0.717, 1.165) is 108 Å². The lowest BCUT2D eigenvalue weighted by molar-refractivity contribution is 0.0667. The van der Waals surface area contributed by atoms with Gasteiger partial charge in [-0.1, -0.05) is 27.7 Å². The van der Waals surface area contributed by atoms with Gasteiger partial charge in [-0.3, -0.25) is 27.9 Å². The molecule has 6 aliphatic carbocycles. The van der Waals surface area contributed by atoms with E-state index in [1.54, 1.807) is 9.13 Å². The van der Waals surface area contributed by atoms with Gasteiger partial charge in [0.25, 0.3) is 11.1 Å². The quantitative estimate of drug-likeness (QED) is 0.170. The van der Waals surface area contributed by atoms with Crippen molar-refractivity contribution >= 4 is 28.4 Å². The van der Waals surface area contributed by atoms with Crippen molar-refractivity contribution < 1.29 is 9.53 Å². The summed E-state index contributed by atoms with van der Waals surface area (Å²) in [5.41, 5.74) is 6.91. The van der Waals surface area contributed by atoms with Crippen molar-refractivity contribution in [2.45, 2.75) is 179 Å². The number of aromatic nitrogens is 8. The molecule has 16 nitrogen and oxygen atoms in total.